The standard InChI is InChI=1S/C32H30N4O/c37-22-31-29-20-28(26-4-2-1-3-5-26)32(35-30(29)12-17-34-31)27-8-6-23(7-9-27)21-36-18-13-25(14-19-36)24-10-15-33-16-11-24/h1-12,15-17,20,22,25,31,34H,13-14,18-19,21H2. The third kappa shape index (κ3) is 4.95. The number of nitrogens with zero attached hydrogens (tertiary/aromatic N) is 3. The lowest BCUT2D eigenvalue weighted by Gasteiger charge is -2.32. The summed E-state index contributed by atoms with van der Waals surface area (Å²) < 4.78 is 0. The van der Waals surface area contributed by atoms with Crippen molar-refractivity contribution in [3.8, 4) is 22.4 Å². The van der Waals surface area contributed by atoms with E-state index < -0.39 is 0 Å². The molecule has 2 aliphatic heterocycles. The molecule has 0 bridgehead atoms. The van der Waals surface area contributed by atoms with Crippen molar-refractivity contribution in [2.75, 3.05) is 13.1 Å². The maximum absolute atomic E-state index is 11.7. The molecule has 4 heterocycles. The molecule has 2 aromatic heterocycles. The van der Waals surface area contributed by atoms with Crippen LogP contribution in [0, 0.1) is 0 Å². The summed E-state index contributed by atoms with van der Waals surface area (Å²) in [5, 5.41) is 3.12. The van der Waals surface area contributed by atoms with Gasteiger partial charge in [-0.05, 0) is 79.0 Å². The molecule has 1 fully saturated rings. The normalized spacial score (nSPS) is 17.7. The number of aldehydes is 1. The molecule has 0 radical (unpaired) electrons. The molecular weight excluding hydrogens is 456 g/mol. The summed E-state index contributed by atoms with van der Waals surface area (Å²) in [7, 11) is 0. The van der Waals surface area contributed by atoms with Crippen molar-refractivity contribution >= 4 is 12.4 Å². The highest BCUT2D eigenvalue weighted by Gasteiger charge is 2.22. The first-order valence-corrected chi connectivity index (χ1v) is 13.0. The van der Waals surface area contributed by atoms with E-state index in [-0.39, 0.29) is 6.04 Å². The second-order valence-electron chi connectivity index (χ2n) is 9.87. The molecular formula is C32H30N4O. The van der Waals surface area contributed by atoms with Crippen molar-refractivity contribution in [1.29, 1.82) is 0 Å². The van der Waals surface area contributed by atoms with Crippen LogP contribution in [0.4, 0.5) is 0 Å². The highest BCUT2D eigenvalue weighted by Crippen LogP contribution is 2.35. The van der Waals surface area contributed by atoms with Gasteiger partial charge in [0.1, 0.15) is 12.3 Å². The van der Waals surface area contributed by atoms with Crippen LogP contribution in [-0.4, -0.2) is 34.2 Å². The predicted molar refractivity (Wildman–Crippen MR) is 148 cm³/mol. The highest BCUT2D eigenvalue weighted by atomic mass is 16.1. The van der Waals surface area contributed by atoms with Crippen LogP contribution < -0.4 is 5.32 Å². The number of aromatic nitrogens is 2. The Hall–Kier alpha value is -4.09. The Morgan fingerprint density at radius 2 is 1.68 bits per heavy atom. The molecule has 1 unspecified atom stereocenters. The first kappa shape index (κ1) is 23.3. The van der Waals surface area contributed by atoms with E-state index in [1.165, 1.54) is 24.0 Å². The maximum Gasteiger partial charge on any atom is 0.146 e. The summed E-state index contributed by atoms with van der Waals surface area (Å²) >= 11 is 0. The summed E-state index contributed by atoms with van der Waals surface area (Å²) in [6, 6.07) is 25.1. The molecule has 5 heteroatoms. The van der Waals surface area contributed by atoms with Gasteiger partial charge in [-0.25, -0.2) is 4.98 Å². The number of hydrogen-bond donors (Lipinski definition) is 1. The summed E-state index contributed by atoms with van der Waals surface area (Å²) in [5.41, 5.74) is 8.62. The van der Waals surface area contributed by atoms with E-state index in [2.05, 4.69) is 69.8 Å². The largest absolute Gasteiger partial charge is 0.378 e. The lowest BCUT2D eigenvalue weighted by molar-refractivity contribution is -0.109. The summed E-state index contributed by atoms with van der Waals surface area (Å²) in [5.74, 6) is 0.635. The molecule has 184 valence electrons. The number of hydrogen-bond acceptors (Lipinski definition) is 5. The quantitative estimate of drug-likeness (QED) is 0.339. The zero-order valence-corrected chi connectivity index (χ0v) is 20.8. The lowest BCUT2D eigenvalue weighted by Crippen LogP contribution is -2.32. The van der Waals surface area contributed by atoms with Crippen molar-refractivity contribution in [2.24, 2.45) is 0 Å². The van der Waals surface area contributed by atoms with E-state index in [4.69, 9.17) is 4.98 Å². The molecule has 0 aliphatic carbocycles. The number of benzene rings is 2. The second-order valence-corrected chi connectivity index (χ2v) is 9.87. The van der Waals surface area contributed by atoms with Crippen LogP contribution in [0.3, 0.4) is 0 Å². The third-order valence-corrected chi connectivity index (χ3v) is 7.55. The van der Waals surface area contributed by atoms with E-state index in [9.17, 15) is 4.79 Å². The van der Waals surface area contributed by atoms with Crippen LogP contribution in [0.1, 0.15) is 47.2 Å². The first-order valence-electron chi connectivity index (χ1n) is 13.0. The third-order valence-electron chi connectivity index (χ3n) is 7.55. The molecule has 1 N–H and O–H groups in total. The molecule has 0 amide bonds. The first-order chi connectivity index (χ1) is 18.3. The zero-order valence-electron chi connectivity index (χ0n) is 20.8. The monoisotopic (exact) mass is 486 g/mol. The van der Waals surface area contributed by atoms with Gasteiger partial charge in [0.05, 0.1) is 11.4 Å². The average molecular weight is 487 g/mol. The number of piperidine rings is 1. The number of carbonyl (C=O) groups is 1. The summed E-state index contributed by atoms with van der Waals surface area (Å²) in [6.45, 7) is 3.18. The van der Waals surface area contributed by atoms with E-state index in [0.29, 0.717) is 5.92 Å². The van der Waals surface area contributed by atoms with Crippen LogP contribution >= 0.6 is 0 Å². The Bertz CT molecular complexity index is 1390. The fourth-order valence-electron chi connectivity index (χ4n) is 5.50. The number of rotatable bonds is 6. The molecule has 0 spiro atoms. The van der Waals surface area contributed by atoms with Gasteiger partial charge in [-0.3, -0.25) is 9.88 Å². The number of likely N-dealkylation sites (tertiary alicyclic amines) is 1. The SMILES string of the molecule is O=CC1NC=Cc2nc(-c3ccc(CN4CCC(c5ccncc5)CC4)cc3)c(-c3ccccc3)cc21. The molecule has 1 atom stereocenters. The summed E-state index contributed by atoms with van der Waals surface area (Å²) in [6.07, 6.45) is 10.9. The minimum Gasteiger partial charge on any atom is -0.378 e. The highest BCUT2D eigenvalue weighted by molar-refractivity contribution is 5.84. The summed E-state index contributed by atoms with van der Waals surface area (Å²) in [4.78, 5) is 23.4. The van der Waals surface area contributed by atoms with Gasteiger partial charge in [0.25, 0.3) is 0 Å². The minimum absolute atomic E-state index is 0.380. The fourth-order valence-corrected chi connectivity index (χ4v) is 5.50. The molecule has 2 aromatic carbocycles. The van der Waals surface area contributed by atoms with Crippen LogP contribution in [0.2, 0.25) is 0 Å². The molecule has 6 rings (SSSR count). The van der Waals surface area contributed by atoms with Gasteiger partial charge in [-0.2, -0.15) is 0 Å². The molecule has 0 saturated carbocycles. The minimum atomic E-state index is -0.380. The van der Waals surface area contributed by atoms with E-state index >= 15 is 0 Å². The second kappa shape index (κ2) is 10.5. The van der Waals surface area contributed by atoms with Gasteiger partial charge in [0, 0.05) is 35.6 Å². The smallest absolute Gasteiger partial charge is 0.146 e. The Morgan fingerprint density at radius 3 is 2.41 bits per heavy atom. The van der Waals surface area contributed by atoms with Crippen LogP contribution in [0.5, 0.6) is 0 Å². The van der Waals surface area contributed by atoms with Crippen molar-refractivity contribution in [3.05, 3.63) is 114 Å². The van der Waals surface area contributed by atoms with Crippen LogP contribution in [0.25, 0.3) is 28.5 Å². The van der Waals surface area contributed by atoms with Gasteiger partial charge in [0.2, 0.25) is 0 Å². The van der Waals surface area contributed by atoms with E-state index in [1.54, 1.807) is 6.20 Å². The lowest BCUT2D eigenvalue weighted by atomic mass is 9.90. The Morgan fingerprint density at radius 1 is 0.919 bits per heavy atom. The van der Waals surface area contributed by atoms with Gasteiger partial charge >= 0.3 is 0 Å². The Kier molecular flexibility index (Phi) is 6.61. The molecule has 1 saturated heterocycles. The van der Waals surface area contributed by atoms with Crippen LogP contribution in [0.15, 0.2) is 91.4 Å². The van der Waals surface area contributed by atoms with Crippen molar-refractivity contribution in [3.63, 3.8) is 0 Å². The zero-order chi connectivity index (χ0) is 25.0. The number of fused-ring (bicyclic) bond motifs is 1. The van der Waals surface area contributed by atoms with Crippen LogP contribution in [-0.2, 0) is 11.3 Å². The van der Waals surface area contributed by atoms with Gasteiger partial charge < -0.3 is 10.1 Å². The molecule has 37 heavy (non-hydrogen) atoms. The van der Waals surface area contributed by atoms with E-state index in [1.807, 2.05) is 36.7 Å². The maximum atomic E-state index is 11.7. The van der Waals surface area contributed by atoms with Crippen molar-refractivity contribution in [2.45, 2.75) is 31.3 Å². The molecule has 5 nitrogen and oxygen atoms in total. The number of carbonyl (C=O) groups excluding carboxylic acids is 1. The Balaban J connectivity index is 1.23. The van der Waals surface area contributed by atoms with Gasteiger partial charge in [-0.15, -0.1) is 0 Å². The number of nitrogens with one attached hydrogen (secondary N) is 1. The number of pyridine rings is 2. The Labute approximate surface area is 217 Å². The van der Waals surface area contributed by atoms with Crippen molar-refractivity contribution < 1.29 is 4.79 Å². The molecule has 4 aromatic rings. The van der Waals surface area contributed by atoms with E-state index in [0.717, 1.165) is 59.6 Å². The average Bonchev–Trinajstić information content (AvgIpc) is 2.98. The molecule has 2 aliphatic rings. The van der Waals surface area contributed by atoms with Gasteiger partial charge in [0.15, 0.2) is 0 Å². The topological polar surface area (TPSA) is 58.1 Å². The fraction of sp³-hybridized carbons (Fsp3) is 0.219. The van der Waals surface area contributed by atoms with Crippen molar-refractivity contribution in [1.82, 2.24) is 20.2 Å². The predicted octanol–water partition coefficient (Wildman–Crippen LogP) is 6.00. The van der Waals surface area contributed by atoms with Gasteiger partial charge in [-0.1, -0.05) is 54.6 Å².